The van der Waals surface area contributed by atoms with Crippen molar-refractivity contribution < 1.29 is 9.84 Å². The molecule has 4 heteroatoms. The first kappa shape index (κ1) is 15.0. The highest BCUT2D eigenvalue weighted by molar-refractivity contribution is 6.30. The Morgan fingerprint density at radius 3 is 2.61 bits per heavy atom. The molecule has 1 unspecified atom stereocenters. The van der Waals surface area contributed by atoms with Crippen LogP contribution in [0.4, 0.5) is 0 Å². The average Bonchev–Trinajstić information content (AvgIpc) is 2.27. The van der Waals surface area contributed by atoms with Crippen molar-refractivity contribution in [3.8, 4) is 5.75 Å². The fraction of sp³-hybridized carbons (Fsp3) is 0.429. The van der Waals surface area contributed by atoms with Crippen molar-refractivity contribution in [3.63, 3.8) is 0 Å². The summed E-state index contributed by atoms with van der Waals surface area (Å²) in [5.74, 6) is 0.709. The van der Waals surface area contributed by atoms with Crippen molar-refractivity contribution in [1.82, 2.24) is 4.90 Å². The summed E-state index contributed by atoms with van der Waals surface area (Å²) in [4.78, 5) is 2.01. The fourth-order valence-electron chi connectivity index (χ4n) is 1.66. The molecule has 0 heterocycles. The summed E-state index contributed by atoms with van der Waals surface area (Å²) in [6, 6.07) is 7.09. The molecule has 0 aromatic heterocycles. The van der Waals surface area contributed by atoms with Gasteiger partial charge in [0.1, 0.15) is 18.5 Å². The monoisotopic (exact) mass is 269 g/mol. The first-order chi connectivity index (χ1) is 8.47. The lowest BCUT2D eigenvalue weighted by atomic mass is 10.3. The third kappa shape index (κ3) is 6.05. The Balaban J connectivity index is 2.30. The van der Waals surface area contributed by atoms with Gasteiger partial charge in [0.15, 0.2) is 0 Å². The third-order valence-electron chi connectivity index (χ3n) is 2.32. The largest absolute Gasteiger partial charge is 0.491 e. The van der Waals surface area contributed by atoms with E-state index in [9.17, 15) is 5.11 Å². The molecule has 3 nitrogen and oxygen atoms in total. The molecule has 1 aromatic carbocycles. The van der Waals surface area contributed by atoms with E-state index < -0.39 is 6.10 Å². The van der Waals surface area contributed by atoms with Crippen LogP contribution >= 0.6 is 11.6 Å². The second-order valence-electron chi connectivity index (χ2n) is 4.57. The van der Waals surface area contributed by atoms with Crippen LogP contribution in [0, 0.1) is 0 Å². The third-order valence-corrected chi connectivity index (χ3v) is 2.57. The van der Waals surface area contributed by atoms with Crippen molar-refractivity contribution in [3.05, 3.63) is 41.4 Å². The first-order valence-corrected chi connectivity index (χ1v) is 6.24. The van der Waals surface area contributed by atoms with Crippen LogP contribution in [0.25, 0.3) is 0 Å². The van der Waals surface area contributed by atoms with E-state index in [4.69, 9.17) is 16.3 Å². The van der Waals surface area contributed by atoms with E-state index in [1.54, 1.807) is 24.3 Å². The minimum atomic E-state index is -0.523. The summed E-state index contributed by atoms with van der Waals surface area (Å²) < 4.78 is 5.47. The number of nitrogens with zero attached hydrogens (tertiary/aromatic N) is 1. The molecule has 1 aromatic rings. The Labute approximate surface area is 114 Å². The Bertz CT molecular complexity index is 378. The van der Waals surface area contributed by atoms with Crippen LogP contribution in [-0.4, -0.2) is 42.9 Å². The minimum Gasteiger partial charge on any atom is -0.491 e. The molecule has 0 amide bonds. The van der Waals surface area contributed by atoms with Gasteiger partial charge in [0.2, 0.25) is 0 Å². The van der Waals surface area contributed by atoms with Crippen molar-refractivity contribution >= 4 is 11.6 Å². The second-order valence-corrected chi connectivity index (χ2v) is 5.01. The van der Waals surface area contributed by atoms with Gasteiger partial charge in [-0.1, -0.05) is 23.8 Å². The van der Waals surface area contributed by atoms with Crippen LogP contribution in [-0.2, 0) is 0 Å². The number of rotatable bonds is 7. The van der Waals surface area contributed by atoms with E-state index in [1.807, 2.05) is 18.9 Å². The fourth-order valence-corrected chi connectivity index (χ4v) is 1.79. The Hall–Kier alpha value is -1.03. The maximum absolute atomic E-state index is 9.83. The predicted molar refractivity (Wildman–Crippen MR) is 75.3 cm³/mol. The lowest BCUT2D eigenvalue weighted by Crippen LogP contribution is -2.33. The summed E-state index contributed by atoms with van der Waals surface area (Å²) in [5, 5.41) is 10.5. The molecule has 0 fully saturated rings. The van der Waals surface area contributed by atoms with Gasteiger partial charge in [-0.15, -0.1) is 0 Å². The van der Waals surface area contributed by atoms with Gasteiger partial charge in [-0.3, -0.25) is 4.90 Å². The molecule has 0 bridgehead atoms. The molecular formula is C14H20ClNO2. The van der Waals surface area contributed by atoms with Crippen molar-refractivity contribution in [1.29, 1.82) is 0 Å². The van der Waals surface area contributed by atoms with Gasteiger partial charge in [0.25, 0.3) is 0 Å². The second kappa shape index (κ2) is 7.41. The Kier molecular flexibility index (Phi) is 6.19. The van der Waals surface area contributed by atoms with Crippen molar-refractivity contribution in [2.24, 2.45) is 0 Å². The van der Waals surface area contributed by atoms with Crippen LogP contribution in [0.15, 0.2) is 36.4 Å². The molecular weight excluding hydrogens is 250 g/mol. The van der Waals surface area contributed by atoms with Gasteiger partial charge in [-0.25, -0.2) is 0 Å². The minimum absolute atomic E-state index is 0.266. The van der Waals surface area contributed by atoms with Gasteiger partial charge in [0.05, 0.1) is 0 Å². The van der Waals surface area contributed by atoms with E-state index in [0.717, 1.165) is 12.1 Å². The number of aliphatic hydroxyl groups excluding tert-OH is 1. The number of likely N-dealkylation sites (N-methyl/N-ethyl adjacent to an activating group) is 1. The highest BCUT2D eigenvalue weighted by Gasteiger charge is 2.09. The van der Waals surface area contributed by atoms with E-state index in [1.165, 1.54) is 0 Å². The molecule has 0 aliphatic rings. The maximum Gasteiger partial charge on any atom is 0.119 e. The van der Waals surface area contributed by atoms with Gasteiger partial charge in [-0.2, -0.15) is 0 Å². The van der Waals surface area contributed by atoms with Gasteiger partial charge in [-0.05, 0) is 38.2 Å². The summed E-state index contributed by atoms with van der Waals surface area (Å²) in [5.41, 5.74) is 1.07. The first-order valence-electron chi connectivity index (χ1n) is 5.86. The molecule has 0 radical (unpaired) electrons. The smallest absolute Gasteiger partial charge is 0.119 e. The Morgan fingerprint density at radius 2 is 2.06 bits per heavy atom. The van der Waals surface area contributed by atoms with E-state index >= 15 is 0 Å². The van der Waals surface area contributed by atoms with E-state index in [-0.39, 0.29) is 6.61 Å². The van der Waals surface area contributed by atoms with Crippen LogP contribution in [0.5, 0.6) is 5.75 Å². The molecule has 0 saturated heterocycles. The molecule has 0 spiro atoms. The highest BCUT2D eigenvalue weighted by atomic mass is 35.5. The lowest BCUT2D eigenvalue weighted by Gasteiger charge is -2.20. The molecule has 1 rings (SSSR count). The molecule has 1 N–H and O–H groups in total. The normalized spacial score (nSPS) is 12.5. The zero-order valence-electron chi connectivity index (χ0n) is 10.9. The zero-order valence-corrected chi connectivity index (χ0v) is 11.7. The van der Waals surface area contributed by atoms with E-state index in [0.29, 0.717) is 17.3 Å². The zero-order chi connectivity index (χ0) is 13.5. The number of benzene rings is 1. The van der Waals surface area contributed by atoms with Crippen molar-refractivity contribution in [2.75, 3.05) is 26.7 Å². The topological polar surface area (TPSA) is 32.7 Å². The summed E-state index contributed by atoms with van der Waals surface area (Å²) in [6.45, 7) is 7.40. The summed E-state index contributed by atoms with van der Waals surface area (Å²) in [6.07, 6.45) is -0.523. The van der Waals surface area contributed by atoms with Gasteiger partial charge in [0, 0.05) is 18.1 Å². The molecule has 100 valence electrons. The van der Waals surface area contributed by atoms with E-state index in [2.05, 4.69) is 6.58 Å². The highest BCUT2D eigenvalue weighted by Crippen LogP contribution is 2.15. The molecule has 0 saturated carbocycles. The van der Waals surface area contributed by atoms with Crippen LogP contribution in [0.2, 0.25) is 5.02 Å². The van der Waals surface area contributed by atoms with Crippen molar-refractivity contribution in [2.45, 2.75) is 13.0 Å². The standard InChI is InChI=1S/C14H20ClNO2/c1-11(2)8-16(3)9-13(17)10-18-14-6-4-12(15)5-7-14/h4-7,13,17H,1,8-10H2,2-3H3. The number of halogens is 1. The number of aliphatic hydroxyl groups is 1. The van der Waals surface area contributed by atoms with Gasteiger partial charge >= 0.3 is 0 Å². The average molecular weight is 270 g/mol. The summed E-state index contributed by atoms with van der Waals surface area (Å²) >= 11 is 5.77. The lowest BCUT2D eigenvalue weighted by molar-refractivity contribution is 0.0789. The number of hydrogen-bond donors (Lipinski definition) is 1. The number of hydrogen-bond acceptors (Lipinski definition) is 3. The molecule has 0 aliphatic heterocycles. The van der Waals surface area contributed by atoms with Crippen LogP contribution < -0.4 is 4.74 Å². The number of ether oxygens (including phenoxy) is 1. The molecule has 0 aliphatic carbocycles. The molecule has 1 atom stereocenters. The maximum atomic E-state index is 9.83. The van der Waals surface area contributed by atoms with Gasteiger partial charge < -0.3 is 9.84 Å². The Morgan fingerprint density at radius 1 is 1.44 bits per heavy atom. The summed E-state index contributed by atoms with van der Waals surface area (Å²) in [7, 11) is 1.94. The van der Waals surface area contributed by atoms with Crippen LogP contribution in [0.3, 0.4) is 0 Å². The van der Waals surface area contributed by atoms with Crippen LogP contribution in [0.1, 0.15) is 6.92 Å². The SMILES string of the molecule is C=C(C)CN(C)CC(O)COc1ccc(Cl)cc1. The molecule has 18 heavy (non-hydrogen) atoms. The predicted octanol–water partition coefficient (Wildman–Crippen LogP) is 2.59. The quantitative estimate of drug-likeness (QED) is 0.773.